The van der Waals surface area contributed by atoms with Crippen molar-refractivity contribution in [2.75, 3.05) is 11.6 Å². The van der Waals surface area contributed by atoms with E-state index in [4.69, 9.17) is 11.6 Å². The molecular formula is C11H22N4. The van der Waals surface area contributed by atoms with Gasteiger partial charge in [-0.05, 0) is 6.42 Å². The lowest BCUT2D eigenvalue weighted by Gasteiger charge is -2.07. The maximum atomic E-state index is 5.95. The molecule has 1 aromatic heterocycles. The third-order valence-corrected chi connectivity index (χ3v) is 2.71. The van der Waals surface area contributed by atoms with Gasteiger partial charge in [0.2, 0.25) is 0 Å². The van der Waals surface area contributed by atoms with Gasteiger partial charge >= 0.3 is 0 Å². The highest BCUT2D eigenvalue weighted by Crippen LogP contribution is 2.27. The van der Waals surface area contributed by atoms with Crippen LogP contribution < -0.4 is 11.6 Å². The molecule has 1 heterocycles. The Balaban J connectivity index is 3.04. The van der Waals surface area contributed by atoms with Crippen LogP contribution in [0.5, 0.6) is 0 Å². The molecule has 0 saturated heterocycles. The van der Waals surface area contributed by atoms with E-state index < -0.39 is 0 Å². The van der Waals surface area contributed by atoms with Crippen molar-refractivity contribution >= 4 is 5.82 Å². The number of hydrogen-bond acceptors (Lipinski definition) is 3. The van der Waals surface area contributed by atoms with Crippen LogP contribution in [-0.2, 0) is 0 Å². The van der Waals surface area contributed by atoms with Gasteiger partial charge in [0.1, 0.15) is 11.6 Å². The molecule has 0 aromatic carbocycles. The average molecular weight is 210 g/mol. The number of hydrogen-bond donors (Lipinski definition) is 2. The van der Waals surface area contributed by atoms with Crippen molar-refractivity contribution in [1.82, 2.24) is 9.66 Å². The molecule has 4 nitrogen and oxygen atoms in total. The first-order valence-electron chi connectivity index (χ1n) is 5.62. The Labute approximate surface area is 91.6 Å². The van der Waals surface area contributed by atoms with Crippen LogP contribution >= 0.6 is 0 Å². The number of nitrogens with zero attached hydrogens (tertiary/aromatic N) is 2. The van der Waals surface area contributed by atoms with Gasteiger partial charge in [-0.15, -0.1) is 0 Å². The van der Waals surface area contributed by atoms with Crippen LogP contribution in [0.25, 0.3) is 0 Å². The third-order valence-electron chi connectivity index (χ3n) is 2.71. The highest BCUT2D eigenvalue weighted by Gasteiger charge is 2.19. The Hall–Kier alpha value is -1.19. The Morgan fingerprint density at radius 1 is 1.33 bits per heavy atom. The fourth-order valence-electron chi connectivity index (χ4n) is 1.82. The minimum Gasteiger partial charge on any atom is -0.382 e. The quantitative estimate of drug-likeness (QED) is 0.748. The zero-order chi connectivity index (χ0) is 11.6. The van der Waals surface area contributed by atoms with Crippen molar-refractivity contribution in [1.29, 1.82) is 0 Å². The standard InChI is InChI=1S/C11H22N4/c1-5-6-8(4)9-10(12)15(13)11(14-9)7(2)3/h7-8H,5-6,12-13H2,1-4H3. The van der Waals surface area contributed by atoms with E-state index in [1.807, 2.05) is 0 Å². The number of nitrogens with two attached hydrogens (primary N) is 2. The van der Waals surface area contributed by atoms with Gasteiger partial charge in [-0.1, -0.05) is 34.1 Å². The molecule has 0 spiro atoms. The predicted octanol–water partition coefficient (Wildman–Crippen LogP) is 2.21. The molecule has 0 aliphatic carbocycles. The first-order valence-corrected chi connectivity index (χ1v) is 5.62. The van der Waals surface area contributed by atoms with Gasteiger partial charge < -0.3 is 11.6 Å². The van der Waals surface area contributed by atoms with Gasteiger partial charge in [0.15, 0.2) is 0 Å². The molecule has 0 amide bonds. The maximum absolute atomic E-state index is 5.95. The maximum Gasteiger partial charge on any atom is 0.146 e. The van der Waals surface area contributed by atoms with Crippen LogP contribution in [-0.4, -0.2) is 9.66 Å². The van der Waals surface area contributed by atoms with Crippen molar-refractivity contribution in [2.24, 2.45) is 0 Å². The Morgan fingerprint density at radius 3 is 2.33 bits per heavy atom. The molecule has 1 atom stereocenters. The van der Waals surface area contributed by atoms with E-state index in [-0.39, 0.29) is 0 Å². The molecule has 0 aliphatic rings. The Morgan fingerprint density at radius 2 is 1.93 bits per heavy atom. The zero-order valence-electron chi connectivity index (χ0n) is 10.1. The molecule has 1 aromatic rings. The van der Waals surface area contributed by atoms with Gasteiger partial charge in [0.05, 0.1) is 5.69 Å². The minimum atomic E-state index is 0.305. The fraction of sp³-hybridized carbons (Fsp3) is 0.727. The summed E-state index contributed by atoms with van der Waals surface area (Å²) < 4.78 is 1.52. The molecule has 0 saturated carbocycles. The number of imidazole rings is 1. The molecule has 0 fully saturated rings. The van der Waals surface area contributed by atoms with E-state index in [1.54, 1.807) is 0 Å². The second-order valence-electron chi connectivity index (χ2n) is 4.45. The van der Waals surface area contributed by atoms with E-state index in [2.05, 4.69) is 32.7 Å². The minimum absolute atomic E-state index is 0.305. The lowest BCUT2D eigenvalue weighted by Crippen LogP contribution is -2.16. The summed E-state index contributed by atoms with van der Waals surface area (Å²) in [5.74, 6) is 8.04. The summed E-state index contributed by atoms with van der Waals surface area (Å²) in [6.45, 7) is 8.45. The number of anilines is 1. The van der Waals surface area contributed by atoms with E-state index in [9.17, 15) is 0 Å². The van der Waals surface area contributed by atoms with Crippen molar-refractivity contribution in [3.63, 3.8) is 0 Å². The number of rotatable bonds is 4. The molecule has 1 unspecified atom stereocenters. The smallest absolute Gasteiger partial charge is 0.146 e. The normalized spacial score (nSPS) is 13.4. The molecule has 86 valence electrons. The van der Waals surface area contributed by atoms with Crippen LogP contribution in [0.4, 0.5) is 5.82 Å². The molecule has 4 heteroatoms. The highest BCUT2D eigenvalue weighted by molar-refractivity contribution is 5.41. The second-order valence-corrected chi connectivity index (χ2v) is 4.45. The third kappa shape index (κ3) is 2.25. The van der Waals surface area contributed by atoms with Crippen LogP contribution in [0.2, 0.25) is 0 Å². The molecule has 0 radical (unpaired) electrons. The lowest BCUT2D eigenvalue weighted by atomic mass is 10.0. The lowest BCUT2D eigenvalue weighted by molar-refractivity contribution is 0.647. The molecule has 0 bridgehead atoms. The van der Waals surface area contributed by atoms with Crippen molar-refractivity contribution < 1.29 is 0 Å². The Kier molecular flexibility index (Phi) is 3.61. The summed E-state index contributed by atoms with van der Waals surface area (Å²) in [5.41, 5.74) is 6.90. The van der Waals surface area contributed by atoms with Crippen molar-refractivity contribution in [2.45, 2.75) is 52.4 Å². The monoisotopic (exact) mass is 210 g/mol. The van der Waals surface area contributed by atoms with Crippen molar-refractivity contribution in [3.05, 3.63) is 11.5 Å². The van der Waals surface area contributed by atoms with Gasteiger partial charge in [0, 0.05) is 11.8 Å². The number of nitrogen functional groups attached to an aromatic ring is 2. The van der Waals surface area contributed by atoms with Crippen LogP contribution in [0.3, 0.4) is 0 Å². The summed E-state index contributed by atoms with van der Waals surface area (Å²) in [4.78, 5) is 4.54. The van der Waals surface area contributed by atoms with E-state index >= 15 is 0 Å². The first kappa shape index (κ1) is 11.9. The van der Waals surface area contributed by atoms with Gasteiger partial charge in [-0.3, -0.25) is 0 Å². The summed E-state index contributed by atoms with van der Waals surface area (Å²) in [5, 5.41) is 0. The fourth-order valence-corrected chi connectivity index (χ4v) is 1.82. The Bertz CT molecular complexity index is 328. The first-order chi connectivity index (χ1) is 6.99. The topological polar surface area (TPSA) is 69.9 Å². The number of aromatic nitrogens is 2. The summed E-state index contributed by atoms with van der Waals surface area (Å²) >= 11 is 0. The van der Waals surface area contributed by atoms with E-state index in [0.29, 0.717) is 17.7 Å². The van der Waals surface area contributed by atoms with Crippen molar-refractivity contribution in [3.8, 4) is 0 Å². The summed E-state index contributed by atoms with van der Waals surface area (Å²) in [7, 11) is 0. The summed E-state index contributed by atoms with van der Waals surface area (Å²) in [6.07, 6.45) is 2.23. The summed E-state index contributed by atoms with van der Waals surface area (Å²) in [6, 6.07) is 0. The predicted molar refractivity (Wildman–Crippen MR) is 64.2 cm³/mol. The second kappa shape index (κ2) is 4.55. The van der Waals surface area contributed by atoms with Crippen LogP contribution in [0.1, 0.15) is 63.9 Å². The molecule has 0 aliphatic heterocycles. The molecular weight excluding hydrogens is 188 g/mol. The molecule has 1 rings (SSSR count). The van der Waals surface area contributed by atoms with E-state index in [1.165, 1.54) is 4.68 Å². The SMILES string of the molecule is CCCC(C)c1nc(C(C)C)n(N)c1N. The van der Waals surface area contributed by atoms with Gasteiger partial charge in [-0.2, -0.15) is 0 Å². The molecule has 4 N–H and O–H groups in total. The van der Waals surface area contributed by atoms with E-state index in [0.717, 1.165) is 24.4 Å². The average Bonchev–Trinajstić information content (AvgIpc) is 2.45. The van der Waals surface area contributed by atoms with Crippen LogP contribution in [0.15, 0.2) is 0 Å². The van der Waals surface area contributed by atoms with Crippen LogP contribution in [0, 0.1) is 0 Å². The van der Waals surface area contributed by atoms with Gasteiger partial charge in [0.25, 0.3) is 0 Å². The zero-order valence-corrected chi connectivity index (χ0v) is 10.1. The highest BCUT2D eigenvalue weighted by atomic mass is 15.4. The molecule has 15 heavy (non-hydrogen) atoms. The largest absolute Gasteiger partial charge is 0.382 e. The van der Waals surface area contributed by atoms with Gasteiger partial charge in [-0.25, -0.2) is 9.66 Å².